The summed E-state index contributed by atoms with van der Waals surface area (Å²) >= 11 is 0. The van der Waals surface area contributed by atoms with E-state index in [9.17, 15) is 9.59 Å². The number of piperazine rings is 1. The summed E-state index contributed by atoms with van der Waals surface area (Å²) in [5, 5.41) is 6.03. The maximum Gasteiger partial charge on any atom is 0.291 e. The van der Waals surface area contributed by atoms with E-state index in [-0.39, 0.29) is 17.6 Å². The standard InChI is InChI=1S/C34H39N5O3/c1-4-37(3)24-27-10-6-9-26(21-27)23-35-33(40)28-13-14-31(30(22-28)36-34(41)32-12-7-19-42-32)39-17-15-38(16-18-39)29-11-5-8-25(2)20-29/h5-14,19-22H,4,15-18,23-24H2,1-3H3,(H,35,40)(H,36,41). The molecule has 1 saturated heterocycles. The summed E-state index contributed by atoms with van der Waals surface area (Å²) in [5.74, 6) is -0.338. The molecule has 8 nitrogen and oxygen atoms in total. The molecule has 0 saturated carbocycles. The number of rotatable bonds is 10. The minimum Gasteiger partial charge on any atom is -0.459 e. The Hall–Kier alpha value is -4.56. The first-order valence-electron chi connectivity index (χ1n) is 14.5. The Kier molecular flexibility index (Phi) is 9.24. The lowest BCUT2D eigenvalue weighted by molar-refractivity contribution is 0.0949. The highest BCUT2D eigenvalue weighted by Crippen LogP contribution is 2.30. The molecule has 0 bridgehead atoms. The number of carbonyl (C=O) groups is 2. The number of nitrogens with one attached hydrogen (secondary N) is 2. The zero-order valence-corrected chi connectivity index (χ0v) is 24.6. The molecule has 0 unspecified atom stereocenters. The smallest absolute Gasteiger partial charge is 0.291 e. The number of furan rings is 1. The van der Waals surface area contributed by atoms with Crippen molar-refractivity contribution in [2.75, 3.05) is 54.9 Å². The maximum absolute atomic E-state index is 13.2. The van der Waals surface area contributed by atoms with Gasteiger partial charge in [-0.2, -0.15) is 0 Å². The van der Waals surface area contributed by atoms with E-state index in [0.29, 0.717) is 17.8 Å². The molecule has 218 valence electrons. The topological polar surface area (TPSA) is 81.1 Å². The molecule has 3 aromatic carbocycles. The Bertz CT molecular complexity index is 1510. The van der Waals surface area contributed by atoms with Crippen LogP contribution in [0.1, 0.15) is 44.5 Å². The molecular weight excluding hydrogens is 526 g/mol. The van der Waals surface area contributed by atoms with Crippen LogP contribution >= 0.6 is 0 Å². The lowest BCUT2D eigenvalue weighted by Gasteiger charge is -2.38. The first kappa shape index (κ1) is 29.0. The van der Waals surface area contributed by atoms with Crippen LogP contribution in [0.3, 0.4) is 0 Å². The minimum atomic E-state index is -0.355. The van der Waals surface area contributed by atoms with Crippen molar-refractivity contribution in [2.45, 2.75) is 26.9 Å². The second kappa shape index (κ2) is 13.4. The second-order valence-corrected chi connectivity index (χ2v) is 10.8. The number of anilines is 3. The Morgan fingerprint density at radius 3 is 2.36 bits per heavy atom. The van der Waals surface area contributed by atoms with Crippen LogP contribution in [-0.2, 0) is 13.1 Å². The van der Waals surface area contributed by atoms with E-state index in [1.165, 1.54) is 23.1 Å². The molecular formula is C34H39N5O3. The molecule has 0 radical (unpaired) electrons. The largest absolute Gasteiger partial charge is 0.459 e. The summed E-state index contributed by atoms with van der Waals surface area (Å²) in [4.78, 5) is 33.1. The normalized spacial score (nSPS) is 13.3. The monoisotopic (exact) mass is 565 g/mol. The molecule has 2 amide bonds. The van der Waals surface area contributed by atoms with E-state index in [0.717, 1.165) is 50.5 Å². The van der Waals surface area contributed by atoms with Gasteiger partial charge in [0.15, 0.2) is 5.76 Å². The maximum atomic E-state index is 13.2. The van der Waals surface area contributed by atoms with Crippen molar-refractivity contribution in [3.05, 3.63) is 113 Å². The molecule has 1 aliphatic rings. The third-order valence-electron chi connectivity index (χ3n) is 7.68. The molecule has 0 spiro atoms. The predicted molar refractivity (Wildman–Crippen MR) is 168 cm³/mol. The SMILES string of the molecule is CCN(C)Cc1cccc(CNC(=O)c2ccc(N3CCN(c4cccc(C)c4)CC3)c(NC(=O)c3ccco3)c2)c1. The number of aryl methyl sites for hydroxylation is 1. The zero-order chi connectivity index (χ0) is 29.5. The number of hydrogen-bond donors (Lipinski definition) is 2. The first-order valence-corrected chi connectivity index (χ1v) is 14.5. The van der Waals surface area contributed by atoms with Crippen molar-refractivity contribution in [1.29, 1.82) is 0 Å². The van der Waals surface area contributed by atoms with Gasteiger partial charge in [0, 0.05) is 50.5 Å². The lowest BCUT2D eigenvalue weighted by atomic mass is 10.1. The third-order valence-corrected chi connectivity index (χ3v) is 7.68. The summed E-state index contributed by atoms with van der Waals surface area (Å²) in [7, 11) is 2.09. The average Bonchev–Trinajstić information content (AvgIpc) is 3.56. The number of amides is 2. The molecule has 8 heteroatoms. The highest BCUT2D eigenvalue weighted by Gasteiger charge is 2.22. The van der Waals surface area contributed by atoms with Gasteiger partial charge in [-0.05, 0) is 79.7 Å². The van der Waals surface area contributed by atoms with Crippen LogP contribution in [0.5, 0.6) is 0 Å². The number of hydrogen-bond acceptors (Lipinski definition) is 6. The van der Waals surface area contributed by atoms with Gasteiger partial charge in [-0.25, -0.2) is 0 Å². The van der Waals surface area contributed by atoms with Gasteiger partial charge in [0.1, 0.15) is 0 Å². The number of benzene rings is 3. The zero-order valence-electron chi connectivity index (χ0n) is 24.6. The summed E-state index contributed by atoms with van der Waals surface area (Å²) in [6.07, 6.45) is 1.47. The van der Waals surface area contributed by atoms with Crippen molar-refractivity contribution in [1.82, 2.24) is 10.2 Å². The van der Waals surface area contributed by atoms with E-state index in [4.69, 9.17) is 4.42 Å². The van der Waals surface area contributed by atoms with Crippen molar-refractivity contribution in [3.8, 4) is 0 Å². The van der Waals surface area contributed by atoms with Gasteiger partial charge < -0.3 is 29.8 Å². The fourth-order valence-electron chi connectivity index (χ4n) is 5.22. The van der Waals surface area contributed by atoms with Gasteiger partial charge in [-0.15, -0.1) is 0 Å². The molecule has 1 aliphatic heterocycles. The van der Waals surface area contributed by atoms with Crippen LogP contribution in [0, 0.1) is 6.92 Å². The molecule has 2 N–H and O–H groups in total. The Morgan fingerprint density at radius 2 is 1.62 bits per heavy atom. The number of nitrogens with zero attached hydrogens (tertiary/aromatic N) is 3. The Morgan fingerprint density at radius 1 is 0.857 bits per heavy atom. The minimum absolute atomic E-state index is 0.199. The summed E-state index contributed by atoms with van der Waals surface area (Å²) in [5.41, 5.74) is 6.65. The average molecular weight is 566 g/mol. The van der Waals surface area contributed by atoms with Crippen molar-refractivity contribution < 1.29 is 14.0 Å². The Labute approximate surface area is 247 Å². The van der Waals surface area contributed by atoms with Gasteiger partial charge in [-0.3, -0.25) is 9.59 Å². The van der Waals surface area contributed by atoms with E-state index in [2.05, 4.69) is 82.6 Å². The number of carbonyl (C=O) groups excluding carboxylic acids is 2. The van der Waals surface area contributed by atoms with Crippen LogP contribution < -0.4 is 20.4 Å². The van der Waals surface area contributed by atoms with E-state index < -0.39 is 0 Å². The van der Waals surface area contributed by atoms with Gasteiger partial charge >= 0.3 is 0 Å². The molecule has 0 atom stereocenters. The van der Waals surface area contributed by atoms with Gasteiger partial charge in [0.25, 0.3) is 11.8 Å². The molecule has 5 rings (SSSR count). The molecule has 1 aromatic heterocycles. The summed E-state index contributed by atoms with van der Waals surface area (Å²) in [6.45, 7) is 9.75. The van der Waals surface area contributed by atoms with Crippen LogP contribution in [0.15, 0.2) is 89.5 Å². The first-order chi connectivity index (χ1) is 20.4. The molecule has 0 aliphatic carbocycles. The summed E-state index contributed by atoms with van der Waals surface area (Å²) in [6, 6.07) is 25.6. The quantitative estimate of drug-likeness (QED) is 0.263. The second-order valence-electron chi connectivity index (χ2n) is 10.8. The predicted octanol–water partition coefficient (Wildman–Crippen LogP) is 5.55. The van der Waals surface area contributed by atoms with Crippen molar-refractivity contribution >= 4 is 28.9 Å². The Balaban J connectivity index is 1.31. The van der Waals surface area contributed by atoms with Crippen LogP contribution in [-0.4, -0.2) is 56.5 Å². The highest BCUT2D eigenvalue weighted by molar-refractivity contribution is 6.05. The molecule has 42 heavy (non-hydrogen) atoms. The molecule has 4 aromatic rings. The van der Waals surface area contributed by atoms with Crippen LogP contribution in [0.4, 0.5) is 17.1 Å². The molecule has 2 heterocycles. The van der Waals surface area contributed by atoms with E-state index in [1.54, 1.807) is 18.2 Å². The fraction of sp³-hybridized carbons (Fsp3) is 0.294. The van der Waals surface area contributed by atoms with Crippen molar-refractivity contribution in [2.24, 2.45) is 0 Å². The highest BCUT2D eigenvalue weighted by atomic mass is 16.3. The third kappa shape index (κ3) is 7.19. The van der Waals surface area contributed by atoms with Crippen LogP contribution in [0.2, 0.25) is 0 Å². The summed E-state index contributed by atoms with van der Waals surface area (Å²) < 4.78 is 5.32. The van der Waals surface area contributed by atoms with Crippen LogP contribution in [0.25, 0.3) is 0 Å². The molecule has 1 fully saturated rings. The van der Waals surface area contributed by atoms with Gasteiger partial charge in [-0.1, -0.05) is 43.3 Å². The van der Waals surface area contributed by atoms with Gasteiger partial charge in [0.05, 0.1) is 17.6 Å². The van der Waals surface area contributed by atoms with E-state index in [1.807, 2.05) is 24.3 Å². The lowest BCUT2D eigenvalue weighted by Crippen LogP contribution is -2.46. The van der Waals surface area contributed by atoms with Crippen molar-refractivity contribution in [3.63, 3.8) is 0 Å². The van der Waals surface area contributed by atoms with Gasteiger partial charge in [0.2, 0.25) is 0 Å². The van der Waals surface area contributed by atoms with E-state index >= 15 is 0 Å². The fourth-order valence-corrected chi connectivity index (χ4v) is 5.22.